The Bertz CT molecular complexity index is 1690. The number of anilines is 6. The van der Waals surface area contributed by atoms with Gasteiger partial charge in [0.2, 0.25) is 0 Å². The average molecular weight is 495 g/mol. The molecule has 0 N–H and O–H groups in total. The van der Waals surface area contributed by atoms with Crippen LogP contribution in [0.15, 0.2) is 84.9 Å². The fourth-order valence-corrected chi connectivity index (χ4v) is 5.22. The summed E-state index contributed by atoms with van der Waals surface area (Å²) in [5.74, 6) is 2.95. The summed E-state index contributed by atoms with van der Waals surface area (Å²) in [7, 11) is 0. The zero-order valence-electron chi connectivity index (χ0n) is 21.8. The molecule has 0 unspecified atom stereocenters. The highest BCUT2D eigenvalue weighted by atomic mass is 15.4. The fourth-order valence-electron chi connectivity index (χ4n) is 5.22. The minimum atomic E-state index is 0.738. The molecule has 0 radical (unpaired) electrons. The van der Waals surface area contributed by atoms with Crippen LogP contribution in [0, 0.1) is 27.7 Å². The van der Waals surface area contributed by atoms with Gasteiger partial charge in [0.1, 0.15) is 0 Å². The monoisotopic (exact) mass is 494 g/mol. The van der Waals surface area contributed by atoms with Gasteiger partial charge < -0.3 is 0 Å². The first kappa shape index (κ1) is 22.4. The molecule has 0 bridgehead atoms. The van der Waals surface area contributed by atoms with E-state index in [1.807, 2.05) is 27.7 Å². The zero-order valence-corrected chi connectivity index (χ0v) is 21.8. The standard InChI is InChI=1S/C32H26N6/c1-19-20(2)34-30-29(33-19)37(27-17-9-13-23-11-5-7-15-25(23)27)31-32(36-22(4)21(3)35-31)38(30)28-18-10-14-24-12-6-8-16-26(24)28/h5-18H,1-4H3. The Labute approximate surface area is 221 Å². The van der Waals surface area contributed by atoms with E-state index in [0.29, 0.717) is 0 Å². The molecule has 1 aliphatic rings. The lowest BCUT2D eigenvalue weighted by Crippen LogP contribution is -2.29. The number of aryl methyl sites for hydroxylation is 4. The maximum atomic E-state index is 5.14. The third-order valence-corrected chi connectivity index (χ3v) is 7.40. The molecule has 1 aliphatic heterocycles. The molecule has 2 aromatic heterocycles. The Hall–Kier alpha value is -4.84. The summed E-state index contributed by atoms with van der Waals surface area (Å²) >= 11 is 0. The summed E-state index contributed by atoms with van der Waals surface area (Å²) in [5.41, 5.74) is 5.52. The van der Waals surface area contributed by atoms with Gasteiger partial charge in [-0.05, 0) is 50.6 Å². The molecule has 0 spiro atoms. The van der Waals surface area contributed by atoms with Crippen molar-refractivity contribution in [3.05, 3.63) is 108 Å². The number of fused-ring (bicyclic) bond motifs is 4. The molecule has 0 fully saturated rings. The van der Waals surface area contributed by atoms with Gasteiger partial charge in [0.15, 0.2) is 23.3 Å². The second-order valence-electron chi connectivity index (χ2n) is 9.75. The normalized spacial score (nSPS) is 12.6. The van der Waals surface area contributed by atoms with Crippen LogP contribution in [0.25, 0.3) is 21.5 Å². The van der Waals surface area contributed by atoms with Gasteiger partial charge in [-0.15, -0.1) is 0 Å². The summed E-state index contributed by atoms with van der Waals surface area (Å²) in [4.78, 5) is 24.8. The van der Waals surface area contributed by atoms with Gasteiger partial charge in [-0.25, -0.2) is 19.9 Å². The summed E-state index contributed by atoms with van der Waals surface area (Å²) in [6, 6.07) is 29.5. The Balaban J connectivity index is 1.61. The third-order valence-electron chi connectivity index (χ3n) is 7.40. The first-order chi connectivity index (χ1) is 18.5. The topological polar surface area (TPSA) is 58.0 Å². The van der Waals surface area contributed by atoms with Crippen LogP contribution in [0.3, 0.4) is 0 Å². The SMILES string of the molecule is Cc1nc2c(nc1C)N(c1cccc3ccccc13)c1nc(C)c(C)nc1N2c1cccc2ccccc12. The lowest BCUT2D eigenvalue weighted by atomic mass is 10.1. The number of nitrogens with zero attached hydrogens (tertiary/aromatic N) is 6. The molecule has 7 rings (SSSR count). The maximum absolute atomic E-state index is 5.14. The number of rotatable bonds is 2. The molecule has 0 saturated heterocycles. The molecule has 38 heavy (non-hydrogen) atoms. The smallest absolute Gasteiger partial charge is 0.183 e. The Kier molecular flexibility index (Phi) is 4.91. The number of aromatic nitrogens is 4. The van der Waals surface area contributed by atoms with Crippen molar-refractivity contribution in [3.63, 3.8) is 0 Å². The first-order valence-corrected chi connectivity index (χ1v) is 12.8. The van der Waals surface area contributed by atoms with Crippen LogP contribution < -0.4 is 9.80 Å². The minimum Gasteiger partial charge on any atom is -0.272 e. The molecule has 3 heterocycles. The van der Waals surface area contributed by atoms with Gasteiger partial charge in [0, 0.05) is 10.8 Å². The van der Waals surface area contributed by atoms with E-state index in [-0.39, 0.29) is 0 Å². The van der Waals surface area contributed by atoms with Crippen molar-refractivity contribution >= 4 is 56.2 Å². The van der Waals surface area contributed by atoms with Gasteiger partial charge in [-0.1, -0.05) is 72.8 Å². The van der Waals surface area contributed by atoms with Crippen LogP contribution in [0.1, 0.15) is 22.8 Å². The van der Waals surface area contributed by atoms with E-state index in [9.17, 15) is 0 Å². The average Bonchev–Trinajstić information content (AvgIpc) is 2.93. The molecule has 0 atom stereocenters. The highest BCUT2D eigenvalue weighted by Gasteiger charge is 2.37. The van der Waals surface area contributed by atoms with Crippen molar-refractivity contribution in [2.75, 3.05) is 9.80 Å². The van der Waals surface area contributed by atoms with Gasteiger partial charge in [-0.2, -0.15) is 0 Å². The van der Waals surface area contributed by atoms with Crippen LogP contribution in [0.5, 0.6) is 0 Å². The van der Waals surface area contributed by atoms with Crippen LogP contribution in [-0.2, 0) is 0 Å². The van der Waals surface area contributed by atoms with Gasteiger partial charge in [-0.3, -0.25) is 9.80 Å². The molecule has 184 valence electrons. The molecule has 4 aromatic carbocycles. The van der Waals surface area contributed by atoms with Gasteiger partial charge in [0.05, 0.1) is 34.2 Å². The predicted octanol–water partition coefficient (Wildman–Crippen LogP) is 8.06. The summed E-state index contributed by atoms with van der Waals surface area (Å²) < 4.78 is 0. The van der Waals surface area contributed by atoms with Crippen molar-refractivity contribution in [2.24, 2.45) is 0 Å². The number of benzene rings is 4. The Morgan fingerprint density at radius 3 is 1.08 bits per heavy atom. The lowest BCUT2D eigenvalue weighted by Gasteiger charge is -2.38. The highest BCUT2D eigenvalue weighted by molar-refractivity contribution is 6.07. The van der Waals surface area contributed by atoms with E-state index in [1.54, 1.807) is 0 Å². The van der Waals surface area contributed by atoms with E-state index in [2.05, 4.69) is 94.7 Å². The third kappa shape index (κ3) is 3.27. The quantitative estimate of drug-likeness (QED) is 0.242. The molecular formula is C32H26N6. The fraction of sp³-hybridized carbons (Fsp3) is 0.125. The Morgan fingerprint density at radius 1 is 0.395 bits per heavy atom. The molecule has 0 aliphatic carbocycles. The molecule has 0 amide bonds. The Morgan fingerprint density at radius 2 is 0.711 bits per heavy atom. The first-order valence-electron chi connectivity index (χ1n) is 12.8. The van der Waals surface area contributed by atoms with Crippen molar-refractivity contribution in [2.45, 2.75) is 27.7 Å². The van der Waals surface area contributed by atoms with Gasteiger partial charge >= 0.3 is 0 Å². The molecule has 6 nitrogen and oxygen atoms in total. The van der Waals surface area contributed by atoms with E-state index in [1.165, 1.54) is 0 Å². The molecule has 6 aromatic rings. The van der Waals surface area contributed by atoms with Crippen LogP contribution >= 0.6 is 0 Å². The van der Waals surface area contributed by atoms with E-state index >= 15 is 0 Å². The highest BCUT2D eigenvalue weighted by Crippen LogP contribution is 2.53. The maximum Gasteiger partial charge on any atom is 0.183 e. The number of hydrogen-bond acceptors (Lipinski definition) is 6. The zero-order chi connectivity index (χ0) is 26.0. The van der Waals surface area contributed by atoms with Crippen molar-refractivity contribution in [1.82, 2.24) is 19.9 Å². The lowest BCUT2D eigenvalue weighted by molar-refractivity contribution is 0.930. The summed E-state index contributed by atoms with van der Waals surface area (Å²) in [5, 5.41) is 4.53. The van der Waals surface area contributed by atoms with Crippen molar-refractivity contribution in [3.8, 4) is 0 Å². The largest absolute Gasteiger partial charge is 0.272 e. The predicted molar refractivity (Wildman–Crippen MR) is 155 cm³/mol. The summed E-state index contributed by atoms with van der Waals surface area (Å²) in [6.07, 6.45) is 0. The van der Waals surface area contributed by atoms with E-state index < -0.39 is 0 Å². The minimum absolute atomic E-state index is 0.738. The van der Waals surface area contributed by atoms with E-state index in [4.69, 9.17) is 19.9 Å². The summed E-state index contributed by atoms with van der Waals surface area (Å²) in [6.45, 7) is 8.03. The second-order valence-corrected chi connectivity index (χ2v) is 9.75. The van der Waals surface area contributed by atoms with Crippen molar-refractivity contribution < 1.29 is 0 Å². The number of hydrogen-bond donors (Lipinski definition) is 0. The van der Waals surface area contributed by atoms with Crippen LogP contribution in [0.2, 0.25) is 0 Å². The van der Waals surface area contributed by atoms with Gasteiger partial charge in [0.25, 0.3) is 0 Å². The second kappa shape index (κ2) is 8.35. The molecular weight excluding hydrogens is 468 g/mol. The van der Waals surface area contributed by atoms with Crippen LogP contribution in [-0.4, -0.2) is 19.9 Å². The molecule has 6 heteroatoms. The molecule has 0 saturated carbocycles. The van der Waals surface area contributed by atoms with E-state index in [0.717, 1.165) is 79.0 Å². The van der Waals surface area contributed by atoms with Crippen LogP contribution in [0.4, 0.5) is 34.6 Å². The van der Waals surface area contributed by atoms with Crippen molar-refractivity contribution in [1.29, 1.82) is 0 Å².